The van der Waals surface area contributed by atoms with Crippen LogP contribution in [0.25, 0.3) is 11.4 Å². The van der Waals surface area contributed by atoms with Gasteiger partial charge in [0, 0.05) is 41.8 Å². The molecule has 2 aliphatic rings. The van der Waals surface area contributed by atoms with E-state index in [4.69, 9.17) is 11.6 Å². The Morgan fingerprint density at radius 1 is 1.06 bits per heavy atom. The number of carbonyl (C=O) groups excluding carboxylic acids is 1. The molecule has 2 aliphatic heterocycles. The van der Waals surface area contributed by atoms with Crippen LogP contribution in [0, 0.1) is 0 Å². The van der Waals surface area contributed by atoms with Crippen molar-refractivity contribution >= 4 is 42.6 Å². The molecule has 1 saturated heterocycles. The zero-order chi connectivity index (χ0) is 21.9. The fraction of sp³-hybridized carbons (Fsp3) is 0.348. The molecule has 2 aromatic heterocycles. The summed E-state index contributed by atoms with van der Waals surface area (Å²) in [6.45, 7) is 2.18. The molecule has 0 spiro atoms. The topological polar surface area (TPSA) is 95.9 Å². The summed E-state index contributed by atoms with van der Waals surface area (Å²) in [5.74, 6) is 1.09. The van der Waals surface area contributed by atoms with E-state index in [1.807, 2.05) is 30.5 Å². The van der Waals surface area contributed by atoms with Gasteiger partial charge in [-0.05, 0) is 67.6 Å². The highest BCUT2D eigenvalue weighted by molar-refractivity contribution is 7.59. The average Bonchev–Trinajstić information content (AvgIpc) is 3.24. The molecule has 10 heteroatoms. The number of pyridine rings is 1. The number of anilines is 2. The second-order valence-corrected chi connectivity index (χ2v) is 8.65. The van der Waals surface area contributed by atoms with Crippen molar-refractivity contribution in [2.45, 2.75) is 38.3 Å². The molecule has 0 aliphatic carbocycles. The number of aromatic nitrogens is 4. The van der Waals surface area contributed by atoms with Crippen LogP contribution in [-0.4, -0.2) is 49.9 Å². The molecule has 8 nitrogen and oxygen atoms in total. The summed E-state index contributed by atoms with van der Waals surface area (Å²) in [7, 11) is 0. The van der Waals surface area contributed by atoms with E-state index in [1.54, 1.807) is 6.20 Å². The van der Waals surface area contributed by atoms with Crippen molar-refractivity contribution < 1.29 is 4.79 Å². The maximum Gasteiger partial charge on any atom is 0.237 e. The van der Waals surface area contributed by atoms with Crippen LogP contribution in [-0.2, 0) is 17.8 Å². The monoisotopic (exact) mass is 483 g/mol. The molecule has 5 rings (SSSR count). The fourth-order valence-electron chi connectivity index (χ4n) is 4.35. The normalized spacial score (nSPS) is 18.7. The number of benzene rings is 1. The predicted molar refractivity (Wildman–Crippen MR) is 133 cm³/mol. The lowest BCUT2D eigenvalue weighted by Crippen LogP contribution is -2.43. The zero-order valence-electron chi connectivity index (χ0n) is 18.1. The van der Waals surface area contributed by atoms with Gasteiger partial charge in [-0.3, -0.25) is 14.7 Å². The molecule has 4 heterocycles. The number of hydrogen-bond acceptors (Lipinski definition) is 7. The van der Waals surface area contributed by atoms with Gasteiger partial charge < -0.3 is 10.6 Å². The van der Waals surface area contributed by atoms with E-state index in [2.05, 4.69) is 35.5 Å². The second-order valence-electron chi connectivity index (χ2n) is 8.21. The number of rotatable bonds is 0. The molecule has 1 atom stereocenters. The lowest BCUT2D eigenvalue weighted by atomic mass is 10.1. The van der Waals surface area contributed by atoms with Gasteiger partial charge in [-0.2, -0.15) is 18.5 Å². The highest BCUT2D eigenvalue weighted by Gasteiger charge is 2.30. The summed E-state index contributed by atoms with van der Waals surface area (Å²) in [4.78, 5) is 32.6. The van der Waals surface area contributed by atoms with E-state index in [-0.39, 0.29) is 25.4 Å². The summed E-state index contributed by atoms with van der Waals surface area (Å²) in [6.07, 6.45) is 8.61. The van der Waals surface area contributed by atoms with Crippen LogP contribution in [0.2, 0.25) is 5.02 Å². The molecule has 2 N–H and O–H groups in total. The van der Waals surface area contributed by atoms with Crippen molar-refractivity contribution in [3.63, 3.8) is 0 Å². The summed E-state index contributed by atoms with van der Waals surface area (Å²) >= 11 is 6.40. The highest BCUT2D eigenvalue weighted by Crippen LogP contribution is 2.26. The van der Waals surface area contributed by atoms with Crippen LogP contribution < -0.4 is 10.6 Å². The van der Waals surface area contributed by atoms with Crippen LogP contribution in [0.3, 0.4) is 0 Å². The van der Waals surface area contributed by atoms with E-state index in [1.165, 1.54) is 6.33 Å². The van der Waals surface area contributed by atoms with E-state index < -0.39 is 0 Å². The van der Waals surface area contributed by atoms with Gasteiger partial charge >= 0.3 is 0 Å². The molecule has 0 saturated carbocycles. The first kappa shape index (κ1) is 23.4. The van der Waals surface area contributed by atoms with E-state index in [0.29, 0.717) is 29.9 Å². The molecule has 1 amide bonds. The van der Waals surface area contributed by atoms with Crippen LogP contribution in [0.5, 0.6) is 0 Å². The SMILES string of the molecule is O=C1NCCCc2cncc(c2)-c2ncnc(n2)Nc2cc(Cl)cc(c2)CN2CCC[C@@H]12.S. The van der Waals surface area contributed by atoms with Crippen molar-refractivity contribution in [1.29, 1.82) is 0 Å². The second kappa shape index (κ2) is 10.5. The number of amides is 1. The minimum absolute atomic E-state index is 0. The molecule has 33 heavy (non-hydrogen) atoms. The Balaban J connectivity index is 0.00000259. The van der Waals surface area contributed by atoms with Gasteiger partial charge in [-0.1, -0.05) is 11.6 Å². The summed E-state index contributed by atoms with van der Waals surface area (Å²) in [6, 6.07) is 7.72. The number of hydrogen-bond donors (Lipinski definition) is 2. The number of nitrogens with zero attached hydrogens (tertiary/aromatic N) is 5. The van der Waals surface area contributed by atoms with Gasteiger partial charge in [0.15, 0.2) is 5.82 Å². The number of nitrogens with one attached hydrogen (secondary N) is 2. The van der Waals surface area contributed by atoms with Crippen LogP contribution in [0.15, 0.2) is 43.0 Å². The lowest BCUT2D eigenvalue weighted by Gasteiger charge is -2.24. The molecule has 1 aromatic carbocycles. The van der Waals surface area contributed by atoms with Crippen molar-refractivity contribution in [1.82, 2.24) is 30.2 Å². The number of halogens is 1. The molecular weight excluding hydrogens is 458 g/mol. The largest absolute Gasteiger partial charge is 0.355 e. The quantitative estimate of drug-likeness (QED) is 0.505. The maximum atomic E-state index is 12.8. The smallest absolute Gasteiger partial charge is 0.237 e. The number of fused-ring (bicyclic) bond motifs is 8. The Kier molecular flexibility index (Phi) is 7.42. The van der Waals surface area contributed by atoms with E-state index >= 15 is 0 Å². The third kappa shape index (κ3) is 5.61. The van der Waals surface area contributed by atoms with E-state index in [9.17, 15) is 4.79 Å². The van der Waals surface area contributed by atoms with E-state index in [0.717, 1.165) is 54.6 Å². The fourth-order valence-corrected chi connectivity index (χ4v) is 4.61. The minimum atomic E-state index is -0.111. The third-order valence-corrected chi connectivity index (χ3v) is 6.05. The van der Waals surface area contributed by atoms with Crippen LogP contribution in [0.4, 0.5) is 11.6 Å². The Labute approximate surface area is 204 Å². The lowest BCUT2D eigenvalue weighted by molar-refractivity contribution is -0.125. The van der Waals surface area contributed by atoms with Crippen LogP contribution >= 0.6 is 25.1 Å². The predicted octanol–water partition coefficient (Wildman–Crippen LogP) is 3.47. The molecular formula is C23H26ClN7OS. The Morgan fingerprint density at radius 2 is 1.97 bits per heavy atom. The minimum Gasteiger partial charge on any atom is -0.355 e. The van der Waals surface area contributed by atoms with Crippen molar-refractivity contribution in [2.24, 2.45) is 0 Å². The Bertz CT molecular complexity index is 1150. The molecule has 172 valence electrons. The number of carbonyl (C=O) groups is 1. The Morgan fingerprint density at radius 3 is 2.88 bits per heavy atom. The van der Waals surface area contributed by atoms with Gasteiger partial charge in [0.05, 0.1) is 6.04 Å². The molecule has 3 aromatic rings. The summed E-state index contributed by atoms with van der Waals surface area (Å²) < 4.78 is 0. The molecule has 6 bridgehead atoms. The average molecular weight is 484 g/mol. The zero-order valence-corrected chi connectivity index (χ0v) is 19.8. The van der Waals surface area contributed by atoms with Crippen LogP contribution in [0.1, 0.15) is 30.4 Å². The first-order valence-electron chi connectivity index (χ1n) is 10.9. The van der Waals surface area contributed by atoms with Gasteiger partial charge in [0.25, 0.3) is 0 Å². The van der Waals surface area contributed by atoms with Crippen molar-refractivity contribution in [3.8, 4) is 11.4 Å². The van der Waals surface area contributed by atoms with Gasteiger partial charge in [0.1, 0.15) is 6.33 Å². The molecule has 0 radical (unpaired) electrons. The highest BCUT2D eigenvalue weighted by atomic mass is 35.5. The standard InChI is InChI=1S/C23H24ClN7O.H2S/c24-18-8-16-9-19(10-18)29-23-28-14-27-21(30-23)17-7-15(11-25-12-17)3-1-5-26-22(32)20-4-2-6-31(20)13-16;/h7-12,14,20H,1-6,13H2,(H,26,32)(H,27,28,29,30);1H2/t20-;/m0./s1. The first-order valence-corrected chi connectivity index (χ1v) is 11.2. The van der Waals surface area contributed by atoms with Crippen molar-refractivity contribution in [2.75, 3.05) is 18.4 Å². The first-order chi connectivity index (χ1) is 15.6. The van der Waals surface area contributed by atoms with Crippen molar-refractivity contribution in [3.05, 3.63) is 59.1 Å². The third-order valence-electron chi connectivity index (χ3n) is 5.83. The summed E-state index contributed by atoms with van der Waals surface area (Å²) in [5, 5.41) is 6.97. The maximum absolute atomic E-state index is 12.8. The molecule has 1 fully saturated rings. The Hall–Kier alpha value is -2.75. The molecule has 0 unspecified atom stereocenters. The van der Waals surface area contributed by atoms with Gasteiger partial charge in [-0.25, -0.2) is 9.97 Å². The van der Waals surface area contributed by atoms with Gasteiger partial charge in [-0.15, -0.1) is 0 Å². The summed E-state index contributed by atoms with van der Waals surface area (Å²) in [5.41, 5.74) is 3.73. The van der Waals surface area contributed by atoms with Gasteiger partial charge in [0.2, 0.25) is 11.9 Å². The number of aryl methyl sites for hydroxylation is 1.